The van der Waals surface area contributed by atoms with Crippen LogP contribution in [0.1, 0.15) is 152 Å². The number of fused-ring (bicyclic) bond motifs is 5. The van der Waals surface area contributed by atoms with Crippen molar-refractivity contribution in [2.24, 2.45) is 0 Å². The first-order valence-corrected chi connectivity index (χ1v) is 18.5. The molecule has 0 atom stereocenters. The summed E-state index contributed by atoms with van der Waals surface area (Å²) < 4.78 is 0. The van der Waals surface area contributed by atoms with Gasteiger partial charge in [0.15, 0.2) is 0 Å². The van der Waals surface area contributed by atoms with Crippen molar-refractivity contribution >= 4 is 32.3 Å². The monoisotopic (exact) mass is 632 g/mol. The molecule has 248 valence electrons. The maximum atomic E-state index is 2.48. The minimum absolute atomic E-state index is 0.447. The Morgan fingerprint density at radius 1 is 0.292 bits per heavy atom. The van der Waals surface area contributed by atoms with Gasteiger partial charge in [-0.1, -0.05) is 156 Å². The van der Waals surface area contributed by atoms with Crippen molar-refractivity contribution in [2.45, 2.75) is 119 Å². The molecule has 0 radical (unpaired) electrons. The summed E-state index contributed by atoms with van der Waals surface area (Å²) in [7, 11) is 0. The molecule has 0 aliphatic rings. The molecule has 0 fully saturated rings. The van der Waals surface area contributed by atoms with Gasteiger partial charge in [-0.05, 0) is 136 Å². The lowest BCUT2D eigenvalue weighted by Gasteiger charge is -2.24. The molecule has 0 saturated carbocycles. The Kier molecular flexibility index (Phi) is 9.34. The van der Waals surface area contributed by atoms with Gasteiger partial charge in [-0.3, -0.25) is 0 Å². The fourth-order valence-electron chi connectivity index (χ4n) is 7.75. The second kappa shape index (κ2) is 13.2. The first kappa shape index (κ1) is 34.0. The highest BCUT2D eigenvalue weighted by molar-refractivity contribution is 6.18. The third kappa shape index (κ3) is 6.09. The predicted molar refractivity (Wildman–Crippen MR) is 214 cm³/mol. The molecule has 48 heavy (non-hydrogen) atoms. The molecule has 0 heterocycles. The molecule has 6 rings (SSSR count). The second-order valence-corrected chi connectivity index (χ2v) is 16.2. The average molecular weight is 633 g/mol. The molecule has 0 aromatic heterocycles. The Bertz CT molecular complexity index is 1920. The summed E-state index contributed by atoms with van der Waals surface area (Å²) in [5.74, 6) is 2.81. The third-order valence-corrected chi connectivity index (χ3v) is 10.7. The topological polar surface area (TPSA) is 0 Å². The van der Waals surface area contributed by atoms with Crippen LogP contribution in [-0.4, -0.2) is 0 Å². The quantitative estimate of drug-likeness (QED) is 0.146. The fourth-order valence-corrected chi connectivity index (χ4v) is 7.75. The molecule has 6 aromatic carbocycles. The zero-order valence-electron chi connectivity index (χ0n) is 31.5. The fraction of sp³-hybridized carbons (Fsp3) is 0.375. The van der Waals surface area contributed by atoms with Crippen LogP contribution in [-0.2, 0) is 0 Å². The molecule has 6 aromatic rings. The van der Waals surface area contributed by atoms with Gasteiger partial charge in [-0.25, -0.2) is 0 Å². The molecule has 0 aliphatic carbocycles. The lowest BCUT2D eigenvalue weighted by atomic mass is 9.81. The first-order chi connectivity index (χ1) is 22.8. The number of benzene rings is 6. The van der Waals surface area contributed by atoms with Gasteiger partial charge in [0.25, 0.3) is 0 Å². The van der Waals surface area contributed by atoms with Gasteiger partial charge in [-0.15, -0.1) is 0 Å². The molecule has 0 unspecified atom stereocenters. The molecular formula is C48H56. The summed E-state index contributed by atoms with van der Waals surface area (Å²) in [6, 6.07) is 33.6. The smallest absolute Gasteiger partial charge is 0.00987 e. The van der Waals surface area contributed by atoms with Gasteiger partial charge in [0.2, 0.25) is 0 Å². The second-order valence-electron chi connectivity index (χ2n) is 16.2. The summed E-state index contributed by atoms with van der Waals surface area (Å²) in [5.41, 5.74) is 14.3. The number of hydrogen-bond donors (Lipinski definition) is 0. The Hall–Kier alpha value is -3.90. The highest BCUT2D eigenvalue weighted by atomic mass is 14.3. The molecule has 0 saturated heterocycles. The molecular weight excluding hydrogens is 577 g/mol. The van der Waals surface area contributed by atoms with Crippen molar-refractivity contribution in [1.82, 2.24) is 0 Å². The standard InChI is InChI=1S/C48H56/c1-27(2)37-23-41(29(5)6)47(42(24-37)30(7)8)35-15-13-33-17-20-40-39(45(33)21-35)19-18-34-14-16-36(22-46(34)40)48-43(31(9)10)25-38(28(3)4)26-44(48)32(11)12/h13-32H,1-12H3. The molecule has 0 amide bonds. The van der Waals surface area contributed by atoms with Crippen LogP contribution >= 0.6 is 0 Å². The van der Waals surface area contributed by atoms with Gasteiger partial charge in [-0.2, -0.15) is 0 Å². The Balaban J connectivity index is 1.61. The van der Waals surface area contributed by atoms with Crippen molar-refractivity contribution in [1.29, 1.82) is 0 Å². The SMILES string of the molecule is CC(C)c1cc(C(C)C)c(-c2ccc3ccc4c5cc(-c6c(C(C)C)cc(C(C)C)cc6C(C)C)ccc5ccc4c3c2)c(C(C)C)c1. The van der Waals surface area contributed by atoms with Crippen LogP contribution in [0.2, 0.25) is 0 Å². The molecule has 0 N–H and O–H groups in total. The van der Waals surface area contributed by atoms with E-state index in [0.29, 0.717) is 35.5 Å². The van der Waals surface area contributed by atoms with E-state index in [-0.39, 0.29) is 0 Å². The van der Waals surface area contributed by atoms with Crippen LogP contribution in [0.25, 0.3) is 54.6 Å². The van der Waals surface area contributed by atoms with Crippen molar-refractivity contribution in [3.63, 3.8) is 0 Å². The van der Waals surface area contributed by atoms with Crippen molar-refractivity contribution < 1.29 is 0 Å². The summed E-state index contributed by atoms with van der Waals surface area (Å²) >= 11 is 0. The predicted octanol–water partition coefficient (Wildman–Crippen LogP) is 15.2. The third-order valence-electron chi connectivity index (χ3n) is 10.7. The van der Waals surface area contributed by atoms with Crippen molar-refractivity contribution in [2.75, 3.05) is 0 Å². The lowest BCUT2D eigenvalue weighted by molar-refractivity contribution is 0.807. The van der Waals surface area contributed by atoms with Crippen LogP contribution < -0.4 is 0 Å². The van der Waals surface area contributed by atoms with Gasteiger partial charge < -0.3 is 0 Å². The van der Waals surface area contributed by atoms with Crippen LogP contribution in [0, 0.1) is 0 Å². The number of rotatable bonds is 8. The largest absolute Gasteiger partial charge is 0.0587 e. The molecule has 0 heteroatoms. The number of hydrogen-bond acceptors (Lipinski definition) is 0. The summed E-state index contributed by atoms with van der Waals surface area (Å²) in [6.45, 7) is 28.0. The van der Waals surface area contributed by atoms with Crippen LogP contribution in [0.4, 0.5) is 0 Å². The van der Waals surface area contributed by atoms with E-state index >= 15 is 0 Å². The van der Waals surface area contributed by atoms with Gasteiger partial charge in [0.1, 0.15) is 0 Å². The lowest BCUT2D eigenvalue weighted by Crippen LogP contribution is -2.03. The molecule has 0 spiro atoms. The van der Waals surface area contributed by atoms with E-state index in [1.807, 2.05) is 0 Å². The van der Waals surface area contributed by atoms with Crippen molar-refractivity contribution in [3.8, 4) is 22.3 Å². The minimum atomic E-state index is 0.447. The summed E-state index contributed by atoms with van der Waals surface area (Å²) in [5, 5.41) is 7.93. The normalized spacial score (nSPS) is 12.5. The van der Waals surface area contributed by atoms with E-state index < -0.39 is 0 Å². The van der Waals surface area contributed by atoms with E-state index in [4.69, 9.17) is 0 Å². The Morgan fingerprint density at radius 2 is 0.583 bits per heavy atom. The molecule has 0 aliphatic heterocycles. The molecule has 0 nitrogen and oxygen atoms in total. The van der Waals surface area contributed by atoms with E-state index in [2.05, 4.69) is 168 Å². The minimum Gasteiger partial charge on any atom is -0.0587 e. The highest BCUT2D eigenvalue weighted by Crippen LogP contribution is 2.43. The van der Waals surface area contributed by atoms with Gasteiger partial charge in [0.05, 0.1) is 0 Å². The van der Waals surface area contributed by atoms with E-state index in [1.54, 1.807) is 0 Å². The maximum absolute atomic E-state index is 2.48. The summed E-state index contributed by atoms with van der Waals surface area (Å²) in [6.07, 6.45) is 0. The van der Waals surface area contributed by atoms with E-state index in [9.17, 15) is 0 Å². The zero-order valence-corrected chi connectivity index (χ0v) is 31.5. The van der Waals surface area contributed by atoms with Crippen LogP contribution in [0.15, 0.2) is 84.9 Å². The molecule has 0 bridgehead atoms. The van der Waals surface area contributed by atoms with Crippen LogP contribution in [0.3, 0.4) is 0 Å². The Labute approximate surface area is 290 Å². The summed E-state index contributed by atoms with van der Waals surface area (Å²) in [4.78, 5) is 0. The van der Waals surface area contributed by atoms with E-state index in [1.165, 1.54) is 88.0 Å². The first-order valence-electron chi connectivity index (χ1n) is 18.5. The Morgan fingerprint density at radius 3 is 0.854 bits per heavy atom. The van der Waals surface area contributed by atoms with Crippen LogP contribution in [0.5, 0.6) is 0 Å². The zero-order chi connectivity index (χ0) is 34.6. The maximum Gasteiger partial charge on any atom is -0.00987 e. The van der Waals surface area contributed by atoms with Crippen molar-refractivity contribution in [3.05, 3.63) is 118 Å². The average Bonchev–Trinajstić information content (AvgIpc) is 3.05. The van der Waals surface area contributed by atoms with E-state index in [0.717, 1.165) is 0 Å². The van der Waals surface area contributed by atoms with Gasteiger partial charge in [0, 0.05) is 0 Å². The highest BCUT2D eigenvalue weighted by Gasteiger charge is 2.21. The van der Waals surface area contributed by atoms with Gasteiger partial charge >= 0.3 is 0 Å².